The van der Waals surface area contributed by atoms with Gasteiger partial charge in [-0.25, -0.2) is 4.79 Å². The van der Waals surface area contributed by atoms with E-state index in [-0.39, 0.29) is 36.1 Å². The number of aromatic hydroxyl groups is 1. The lowest BCUT2D eigenvalue weighted by atomic mass is 9.53. The summed E-state index contributed by atoms with van der Waals surface area (Å²) < 4.78 is 14.8. The van der Waals surface area contributed by atoms with Crippen LogP contribution in [0.1, 0.15) is 79.6 Å². The molecule has 5 aliphatic rings. The standard InChI is InChI=1S/C43H46N6O5S/c50-25-27-4-6-33(7-5-27)39-20-38(26-55-42-46-47-48-49(42)36-12-14-37(51)15-13-36)53-40(54-39)34-10-8-32(9-11-34)35-3-1-2-28(19-35)24-44-41(52)45-43-21-29-16-30(22-43)18-31(17-29)23-43/h1-15,19,29-31,38-40,50-51H,16-18,20-26H2,(H2,44,45,52)/t29?,30?,31?,38-,39+,40+,43?/m0/s1. The van der Waals surface area contributed by atoms with Crippen LogP contribution >= 0.6 is 11.8 Å². The highest BCUT2D eigenvalue weighted by molar-refractivity contribution is 7.99. The Hall–Kier alpha value is -4.75. The first kappa shape index (κ1) is 35.9. The van der Waals surface area contributed by atoms with Gasteiger partial charge in [0.05, 0.1) is 24.5 Å². The fourth-order valence-electron chi connectivity index (χ4n) is 9.64. The first-order valence-corrected chi connectivity index (χ1v) is 20.3. The van der Waals surface area contributed by atoms with Crippen molar-refractivity contribution in [2.24, 2.45) is 17.8 Å². The summed E-state index contributed by atoms with van der Waals surface area (Å²) in [6.07, 6.45) is 7.08. The van der Waals surface area contributed by atoms with Crippen LogP contribution in [-0.2, 0) is 22.6 Å². The van der Waals surface area contributed by atoms with E-state index in [1.165, 1.54) is 31.0 Å². The number of hydrogen-bond donors (Lipinski definition) is 4. The minimum absolute atomic E-state index is 0.00926. The number of nitrogens with zero attached hydrogens (tertiary/aromatic N) is 4. The van der Waals surface area contributed by atoms with Crippen LogP contribution in [0.5, 0.6) is 5.75 Å². The number of urea groups is 1. The van der Waals surface area contributed by atoms with Gasteiger partial charge < -0.3 is 30.3 Å². The summed E-state index contributed by atoms with van der Waals surface area (Å²) in [5, 5.41) is 38.8. The summed E-state index contributed by atoms with van der Waals surface area (Å²) in [4.78, 5) is 13.1. The molecule has 0 radical (unpaired) electrons. The largest absolute Gasteiger partial charge is 0.508 e. The van der Waals surface area contributed by atoms with Gasteiger partial charge in [-0.2, -0.15) is 4.68 Å². The average molecular weight is 759 g/mol. The number of hydrogen-bond acceptors (Lipinski definition) is 9. The Kier molecular flexibility index (Phi) is 10.1. The van der Waals surface area contributed by atoms with Gasteiger partial charge in [-0.05, 0) is 125 Å². The second-order valence-corrected chi connectivity index (χ2v) is 16.9. The molecule has 2 heterocycles. The van der Waals surface area contributed by atoms with Crippen LogP contribution in [0.25, 0.3) is 16.8 Å². The van der Waals surface area contributed by atoms with Crippen LogP contribution in [0, 0.1) is 17.8 Å². The van der Waals surface area contributed by atoms with Crippen molar-refractivity contribution in [2.45, 2.75) is 87.3 Å². The number of thioether (sulfide) groups is 1. The Morgan fingerprint density at radius 1 is 0.818 bits per heavy atom. The number of carbonyl (C=O) groups is 1. The third-order valence-electron chi connectivity index (χ3n) is 11.9. The third kappa shape index (κ3) is 8.00. The lowest BCUT2D eigenvalue weighted by Gasteiger charge is -2.56. The average Bonchev–Trinajstić information content (AvgIpc) is 3.68. The molecule has 10 rings (SSSR count). The van der Waals surface area contributed by atoms with E-state index in [0.29, 0.717) is 23.9 Å². The maximum atomic E-state index is 13.1. The molecule has 4 N–H and O–H groups in total. The molecule has 4 saturated carbocycles. The molecular weight excluding hydrogens is 713 g/mol. The smallest absolute Gasteiger partial charge is 0.315 e. The second-order valence-electron chi connectivity index (χ2n) is 15.9. The Morgan fingerprint density at radius 3 is 2.24 bits per heavy atom. The summed E-state index contributed by atoms with van der Waals surface area (Å²) in [6, 6.07) is 31.1. The number of amides is 2. The zero-order valence-corrected chi connectivity index (χ0v) is 31.4. The quantitative estimate of drug-likeness (QED) is 0.100. The van der Waals surface area contributed by atoms with E-state index in [1.54, 1.807) is 28.9 Å². The number of aliphatic hydroxyl groups is 1. The molecule has 11 nitrogen and oxygen atoms in total. The number of phenolic OH excluding ortho intramolecular Hbond substituents is 1. The normalized spacial score (nSPS) is 26.9. The number of phenols is 1. The molecule has 2 amide bonds. The summed E-state index contributed by atoms with van der Waals surface area (Å²) >= 11 is 1.50. The van der Waals surface area contributed by atoms with Crippen molar-refractivity contribution in [3.63, 3.8) is 0 Å². The summed E-state index contributed by atoms with van der Waals surface area (Å²) in [7, 11) is 0. The number of aromatic nitrogens is 4. The van der Waals surface area contributed by atoms with Crippen LogP contribution in [-0.4, -0.2) is 53.8 Å². The van der Waals surface area contributed by atoms with Gasteiger partial charge in [-0.3, -0.25) is 0 Å². The molecule has 4 aromatic carbocycles. The summed E-state index contributed by atoms with van der Waals surface area (Å²) in [6.45, 7) is 0.449. The van der Waals surface area contributed by atoms with Gasteiger partial charge in [-0.15, -0.1) is 5.10 Å². The molecular formula is C43H46N6O5S. The van der Waals surface area contributed by atoms with Gasteiger partial charge in [0, 0.05) is 29.8 Å². The minimum Gasteiger partial charge on any atom is -0.508 e. The van der Waals surface area contributed by atoms with Crippen LogP contribution in [0.15, 0.2) is 102 Å². The lowest BCUT2D eigenvalue weighted by Crippen LogP contribution is -2.61. The zero-order chi connectivity index (χ0) is 37.4. The highest BCUT2D eigenvalue weighted by Crippen LogP contribution is 2.55. The van der Waals surface area contributed by atoms with Crippen molar-refractivity contribution < 1.29 is 24.5 Å². The molecule has 5 fully saturated rings. The van der Waals surface area contributed by atoms with Gasteiger partial charge in [0.15, 0.2) is 6.29 Å². The molecule has 0 spiro atoms. The van der Waals surface area contributed by atoms with E-state index in [9.17, 15) is 15.0 Å². The summed E-state index contributed by atoms with van der Waals surface area (Å²) in [5.74, 6) is 3.11. The molecule has 3 atom stereocenters. The van der Waals surface area contributed by atoms with E-state index in [1.807, 2.05) is 30.3 Å². The third-order valence-corrected chi connectivity index (χ3v) is 12.9. The van der Waals surface area contributed by atoms with Crippen molar-refractivity contribution in [3.05, 3.63) is 119 Å². The Bertz CT molecular complexity index is 2070. The highest BCUT2D eigenvalue weighted by Gasteiger charge is 2.51. The topological polar surface area (TPSA) is 144 Å². The first-order chi connectivity index (χ1) is 26.9. The maximum Gasteiger partial charge on any atom is 0.315 e. The minimum atomic E-state index is -0.605. The number of tetrazole rings is 1. The van der Waals surface area contributed by atoms with Crippen LogP contribution in [0.2, 0.25) is 0 Å². The first-order valence-electron chi connectivity index (χ1n) is 19.3. The number of nitrogens with one attached hydrogen (secondary N) is 2. The van der Waals surface area contributed by atoms with Crippen molar-refractivity contribution in [2.75, 3.05) is 5.75 Å². The lowest BCUT2D eigenvalue weighted by molar-refractivity contribution is -0.245. The van der Waals surface area contributed by atoms with Gasteiger partial charge in [-0.1, -0.05) is 78.5 Å². The molecule has 1 aliphatic heterocycles. The predicted molar refractivity (Wildman–Crippen MR) is 208 cm³/mol. The monoisotopic (exact) mass is 758 g/mol. The van der Waals surface area contributed by atoms with Crippen LogP contribution < -0.4 is 10.6 Å². The number of rotatable bonds is 11. The molecule has 12 heteroatoms. The molecule has 1 saturated heterocycles. The van der Waals surface area contributed by atoms with Gasteiger partial charge >= 0.3 is 6.03 Å². The molecule has 284 valence electrons. The van der Waals surface area contributed by atoms with E-state index in [4.69, 9.17) is 9.47 Å². The molecule has 5 aromatic rings. The number of carbonyl (C=O) groups excluding carboxylic acids is 1. The van der Waals surface area contributed by atoms with Crippen LogP contribution in [0.3, 0.4) is 0 Å². The predicted octanol–water partition coefficient (Wildman–Crippen LogP) is 7.63. The molecule has 0 unspecified atom stereocenters. The fraction of sp³-hybridized carbons (Fsp3) is 0.395. The van der Waals surface area contributed by atoms with E-state index in [2.05, 4.69) is 68.6 Å². The maximum absolute atomic E-state index is 13.1. The van der Waals surface area contributed by atoms with Gasteiger partial charge in [0.2, 0.25) is 5.16 Å². The van der Waals surface area contributed by atoms with Crippen LogP contribution in [0.4, 0.5) is 4.79 Å². The SMILES string of the molecule is O=C(NCc1cccc(-c2ccc([C@@H]3O[C@H](CSc4nnnn4-c4ccc(O)cc4)C[C@H](c4ccc(CO)cc4)O3)cc2)c1)NC12CC3CC(CC(C3)C1)C2. The second kappa shape index (κ2) is 15.4. The number of benzene rings is 4. The van der Waals surface area contributed by atoms with Crippen molar-refractivity contribution in [1.82, 2.24) is 30.8 Å². The number of aliphatic hydroxyl groups excluding tert-OH is 1. The summed E-state index contributed by atoms with van der Waals surface area (Å²) in [5.41, 5.74) is 6.68. The molecule has 4 bridgehead atoms. The molecule has 4 aliphatic carbocycles. The van der Waals surface area contributed by atoms with Gasteiger partial charge in [0.1, 0.15) is 5.75 Å². The number of ether oxygens (including phenoxy) is 2. The molecule has 1 aromatic heterocycles. The molecule has 55 heavy (non-hydrogen) atoms. The van der Waals surface area contributed by atoms with Gasteiger partial charge in [0.25, 0.3) is 0 Å². The van der Waals surface area contributed by atoms with Crippen molar-refractivity contribution >= 4 is 17.8 Å². The fourth-order valence-corrected chi connectivity index (χ4v) is 10.5. The Labute approximate surface area is 324 Å². The zero-order valence-electron chi connectivity index (χ0n) is 30.6. The van der Waals surface area contributed by atoms with E-state index < -0.39 is 6.29 Å². The Morgan fingerprint density at radius 2 is 1.53 bits per heavy atom. The Balaban J connectivity index is 0.865. The highest BCUT2D eigenvalue weighted by atomic mass is 32.2. The van der Waals surface area contributed by atoms with E-state index >= 15 is 0 Å². The van der Waals surface area contributed by atoms with Crippen molar-refractivity contribution in [1.29, 1.82) is 0 Å². The van der Waals surface area contributed by atoms with Crippen molar-refractivity contribution in [3.8, 4) is 22.6 Å². The van der Waals surface area contributed by atoms with E-state index in [0.717, 1.165) is 76.1 Å².